The van der Waals surface area contributed by atoms with Crippen LogP contribution in [0, 0.1) is 0 Å². The van der Waals surface area contributed by atoms with Crippen molar-refractivity contribution in [3.63, 3.8) is 0 Å². The van der Waals surface area contributed by atoms with Crippen LogP contribution in [0.4, 0.5) is 0 Å². The smallest absolute Gasteiger partial charge is 0.343 e. The van der Waals surface area contributed by atoms with E-state index in [4.69, 9.17) is 33.2 Å². The maximum absolute atomic E-state index is 12.6. The summed E-state index contributed by atoms with van der Waals surface area (Å²) in [5.74, 6) is -4.36. The van der Waals surface area contributed by atoms with Gasteiger partial charge in [0.25, 0.3) is 0 Å². The molecule has 0 saturated carbocycles. The summed E-state index contributed by atoms with van der Waals surface area (Å²) in [5, 5.41) is 0. The van der Waals surface area contributed by atoms with E-state index in [2.05, 4.69) is 0 Å². The van der Waals surface area contributed by atoms with E-state index in [1.807, 2.05) is 0 Å². The minimum absolute atomic E-state index is 0.00878. The molecule has 0 aromatic heterocycles. The van der Waals surface area contributed by atoms with Gasteiger partial charge in [-0.05, 0) is 31.2 Å². The molecule has 2 aromatic rings. The number of ether oxygens (including phenoxy) is 7. The standard InChI is InChI=1S/C29H30O13/c1-15(30)22-12-11-21(40-28(35)20-9-7-6-8-10-20)13-23(22)41-29-27(39-19(5)34)26(38-18(4)33)25(37-17(3)32)24(42-29)14-36-16(2)31/h6-13,24-27,29H,14H2,1-5H3/t24-,25+,26-,27+,29-/m0/s1. The molecule has 0 amide bonds. The third-order valence-corrected chi connectivity index (χ3v) is 5.74. The molecule has 0 unspecified atom stereocenters. The van der Waals surface area contributed by atoms with Gasteiger partial charge < -0.3 is 33.2 Å². The highest BCUT2D eigenvalue weighted by Gasteiger charge is 2.53. The quantitative estimate of drug-likeness (QED) is 0.173. The maximum Gasteiger partial charge on any atom is 0.343 e. The largest absolute Gasteiger partial charge is 0.463 e. The highest BCUT2D eigenvalue weighted by atomic mass is 16.7. The lowest BCUT2D eigenvalue weighted by Crippen LogP contribution is -2.63. The lowest BCUT2D eigenvalue weighted by molar-refractivity contribution is -0.288. The second-order valence-electron chi connectivity index (χ2n) is 9.16. The minimum Gasteiger partial charge on any atom is -0.463 e. The topological polar surface area (TPSA) is 167 Å². The van der Waals surface area contributed by atoms with Gasteiger partial charge in [-0.3, -0.25) is 24.0 Å². The Labute approximate surface area is 240 Å². The molecule has 0 bridgehead atoms. The second-order valence-corrected chi connectivity index (χ2v) is 9.16. The van der Waals surface area contributed by atoms with Crippen LogP contribution in [-0.2, 0) is 42.9 Å². The van der Waals surface area contributed by atoms with Crippen LogP contribution in [0.1, 0.15) is 55.3 Å². The number of hydrogen-bond acceptors (Lipinski definition) is 13. The normalized spacial score (nSPS) is 21.3. The van der Waals surface area contributed by atoms with Gasteiger partial charge in [-0.25, -0.2) is 4.79 Å². The van der Waals surface area contributed by atoms with Gasteiger partial charge in [-0.1, -0.05) is 18.2 Å². The summed E-state index contributed by atoms with van der Waals surface area (Å²) in [7, 11) is 0. The maximum atomic E-state index is 12.6. The van der Waals surface area contributed by atoms with Crippen LogP contribution >= 0.6 is 0 Å². The first-order valence-corrected chi connectivity index (χ1v) is 12.7. The van der Waals surface area contributed by atoms with Gasteiger partial charge in [0.1, 0.15) is 24.2 Å². The lowest BCUT2D eigenvalue weighted by Gasteiger charge is -2.44. The molecule has 0 aliphatic carbocycles. The molecule has 42 heavy (non-hydrogen) atoms. The Morgan fingerprint density at radius 1 is 0.714 bits per heavy atom. The SMILES string of the molecule is CC(=O)OC[C@@H]1O[C@H](Oc2cc(OC(=O)c3ccccc3)ccc2C(C)=O)[C@H](OC(C)=O)[C@@H](OC(C)=O)[C@@H]1OC(C)=O. The highest BCUT2D eigenvalue weighted by Crippen LogP contribution is 2.34. The van der Waals surface area contributed by atoms with E-state index in [9.17, 15) is 28.8 Å². The second kappa shape index (κ2) is 14.2. The van der Waals surface area contributed by atoms with Crippen molar-refractivity contribution in [1.29, 1.82) is 0 Å². The molecular weight excluding hydrogens is 556 g/mol. The van der Waals surface area contributed by atoms with Gasteiger partial charge in [0.15, 0.2) is 18.0 Å². The Balaban J connectivity index is 2.03. The van der Waals surface area contributed by atoms with Crippen LogP contribution in [0.3, 0.4) is 0 Å². The van der Waals surface area contributed by atoms with Gasteiger partial charge in [0, 0.05) is 33.8 Å². The molecular formula is C29H30O13. The molecule has 5 atom stereocenters. The van der Waals surface area contributed by atoms with Gasteiger partial charge in [-0.15, -0.1) is 0 Å². The van der Waals surface area contributed by atoms with Crippen molar-refractivity contribution in [2.24, 2.45) is 0 Å². The lowest BCUT2D eigenvalue weighted by atomic mass is 9.98. The Morgan fingerprint density at radius 2 is 1.31 bits per heavy atom. The van der Waals surface area contributed by atoms with Crippen LogP contribution in [0.25, 0.3) is 0 Å². The number of carbonyl (C=O) groups excluding carboxylic acids is 6. The summed E-state index contributed by atoms with van der Waals surface area (Å²) in [5.41, 5.74) is 0.317. The van der Waals surface area contributed by atoms with E-state index in [-0.39, 0.29) is 22.6 Å². The van der Waals surface area contributed by atoms with Crippen LogP contribution < -0.4 is 9.47 Å². The van der Waals surface area contributed by atoms with E-state index in [1.165, 1.54) is 25.1 Å². The van der Waals surface area contributed by atoms with E-state index < -0.39 is 72.9 Å². The van der Waals surface area contributed by atoms with Gasteiger partial charge >= 0.3 is 29.8 Å². The Bertz CT molecular complexity index is 1340. The summed E-state index contributed by atoms with van der Waals surface area (Å²) in [4.78, 5) is 72.7. The van der Waals surface area contributed by atoms with Crippen molar-refractivity contribution in [3.8, 4) is 11.5 Å². The monoisotopic (exact) mass is 586 g/mol. The summed E-state index contributed by atoms with van der Waals surface area (Å²) in [6.45, 7) is 5.21. The molecule has 1 fully saturated rings. The van der Waals surface area contributed by atoms with Crippen molar-refractivity contribution in [2.75, 3.05) is 6.61 Å². The fourth-order valence-corrected chi connectivity index (χ4v) is 4.10. The zero-order valence-electron chi connectivity index (χ0n) is 23.5. The van der Waals surface area contributed by atoms with E-state index in [0.717, 1.165) is 27.7 Å². The van der Waals surface area contributed by atoms with E-state index in [1.54, 1.807) is 30.3 Å². The first-order chi connectivity index (χ1) is 19.8. The first kappa shape index (κ1) is 31.7. The molecule has 3 rings (SSSR count). The van der Waals surface area contributed by atoms with E-state index in [0.29, 0.717) is 0 Å². The number of carbonyl (C=O) groups is 6. The zero-order valence-corrected chi connectivity index (χ0v) is 23.5. The Kier molecular flexibility index (Phi) is 10.7. The average molecular weight is 587 g/mol. The number of hydrogen-bond donors (Lipinski definition) is 0. The van der Waals surface area contributed by atoms with E-state index >= 15 is 0 Å². The number of ketones is 1. The molecule has 13 nitrogen and oxygen atoms in total. The predicted octanol–water partition coefficient (Wildman–Crippen LogP) is 2.57. The third kappa shape index (κ3) is 8.61. The Morgan fingerprint density at radius 3 is 1.88 bits per heavy atom. The summed E-state index contributed by atoms with van der Waals surface area (Å²) >= 11 is 0. The van der Waals surface area contributed by atoms with Gasteiger partial charge in [0.2, 0.25) is 12.4 Å². The molecule has 1 aliphatic rings. The average Bonchev–Trinajstić information content (AvgIpc) is 2.90. The van der Waals surface area contributed by atoms with Crippen molar-refractivity contribution in [3.05, 3.63) is 59.7 Å². The minimum atomic E-state index is -1.59. The Hall–Kier alpha value is -4.78. The fourth-order valence-electron chi connectivity index (χ4n) is 4.10. The molecule has 13 heteroatoms. The van der Waals surface area contributed by atoms with Gasteiger partial charge in [-0.2, -0.15) is 0 Å². The number of rotatable bonds is 10. The highest BCUT2D eigenvalue weighted by molar-refractivity contribution is 5.97. The number of esters is 5. The molecule has 1 saturated heterocycles. The van der Waals surface area contributed by atoms with Crippen LogP contribution in [0.2, 0.25) is 0 Å². The summed E-state index contributed by atoms with van der Waals surface area (Å²) in [6.07, 6.45) is -7.25. The molecule has 0 N–H and O–H groups in total. The molecule has 224 valence electrons. The van der Waals surface area contributed by atoms with Crippen molar-refractivity contribution >= 4 is 35.6 Å². The molecule has 1 heterocycles. The number of benzene rings is 2. The molecule has 2 aromatic carbocycles. The van der Waals surface area contributed by atoms with Crippen LogP contribution in [0.15, 0.2) is 48.5 Å². The fraction of sp³-hybridized carbons (Fsp3) is 0.379. The van der Waals surface area contributed by atoms with Gasteiger partial charge in [0.05, 0.1) is 11.1 Å². The molecule has 0 radical (unpaired) electrons. The first-order valence-electron chi connectivity index (χ1n) is 12.7. The van der Waals surface area contributed by atoms with Crippen molar-refractivity contribution in [2.45, 2.75) is 65.3 Å². The predicted molar refractivity (Wildman–Crippen MR) is 140 cm³/mol. The summed E-state index contributed by atoms with van der Waals surface area (Å²) in [6, 6.07) is 12.2. The molecule has 1 aliphatic heterocycles. The summed E-state index contributed by atoms with van der Waals surface area (Å²) < 4.78 is 38.6. The van der Waals surface area contributed by atoms with Crippen LogP contribution in [-0.4, -0.2) is 72.9 Å². The zero-order chi connectivity index (χ0) is 31.0. The molecule has 0 spiro atoms. The van der Waals surface area contributed by atoms with Crippen molar-refractivity contribution < 1.29 is 61.9 Å². The van der Waals surface area contributed by atoms with Crippen molar-refractivity contribution in [1.82, 2.24) is 0 Å². The number of Topliss-reactive ketones (excluding diaryl/α,β-unsaturated/α-hetero) is 1. The van der Waals surface area contributed by atoms with Crippen LogP contribution in [0.5, 0.6) is 11.5 Å². The third-order valence-electron chi connectivity index (χ3n) is 5.74.